The molecule has 0 aliphatic carbocycles. The number of carbonyl (C=O) groups is 2. The van der Waals surface area contributed by atoms with Crippen molar-refractivity contribution in [2.24, 2.45) is 0 Å². The second kappa shape index (κ2) is 8.86. The summed E-state index contributed by atoms with van der Waals surface area (Å²) in [5, 5.41) is 13.3. The molecule has 0 saturated carbocycles. The van der Waals surface area contributed by atoms with Gasteiger partial charge in [-0.05, 0) is 25.1 Å². The lowest BCUT2D eigenvalue weighted by atomic mass is 10.2. The van der Waals surface area contributed by atoms with Crippen LogP contribution in [0.1, 0.15) is 16.2 Å². The molecule has 10 nitrogen and oxygen atoms in total. The van der Waals surface area contributed by atoms with Gasteiger partial charge in [-0.15, -0.1) is 0 Å². The molecule has 154 valence electrons. The van der Waals surface area contributed by atoms with Crippen LogP contribution >= 0.6 is 0 Å². The number of benzene rings is 2. The highest BCUT2D eigenvalue weighted by molar-refractivity contribution is 5.96. The van der Waals surface area contributed by atoms with Crippen LogP contribution in [-0.4, -0.2) is 35.5 Å². The number of oxazole rings is 1. The zero-order valence-electron chi connectivity index (χ0n) is 16.1. The molecule has 3 aromatic rings. The summed E-state index contributed by atoms with van der Waals surface area (Å²) in [6, 6.07) is 12.7. The molecule has 0 atom stereocenters. The molecule has 1 amide bonds. The number of nitrogens with zero attached hydrogens (tertiary/aromatic N) is 2. The fraction of sp³-hybridized carbons (Fsp3) is 0.150. The van der Waals surface area contributed by atoms with Crippen molar-refractivity contribution in [2.45, 2.75) is 6.92 Å². The number of esters is 1. The minimum atomic E-state index is -0.816. The average molecular weight is 411 g/mol. The number of nitro benzene ring substituents is 1. The van der Waals surface area contributed by atoms with Crippen LogP contribution in [0.4, 0.5) is 11.4 Å². The van der Waals surface area contributed by atoms with E-state index in [0.29, 0.717) is 5.56 Å². The summed E-state index contributed by atoms with van der Waals surface area (Å²) >= 11 is 0. The van der Waals surface area contributed by atoms with Gasteiger partial charge in [0.1, 0.15) is 11.5 Å². The summed E-state index contributed by atoms with van der Waals surface area (Å²) in [4.78, 5) is 38.8. The smallest absolute Gasteiger partial charge is 0.361 e. The Balaban J connectivity index is 1.63. The first-order chi connectivity index (χ1) is 14.4. The van der Waals surface area contributed by atoms with E-state index in [-0.39, 0.29) is 34.5 Å². The Morgan fingerprint density at radius 1 is 1.20 bits per heavy atom. The zero-order valence-corrected chi connectivity index (χ0v) is 16.1. The molecule has 0 spiro atoms. The van der Waals surface area contributed by atoms with Crippen molar-refractivity contribution >= 4 is 23.3 Å². The second-order valence-corrected chi connectivity index (χ2v) is 6.06. The maximum atomic E-state index is 12.3. The molecule has 1 N–H and O–H groups in total. The van der Waals surface area contributed by atoms with Gasteiger partial charge in [0.05, 0.1) is 23.8 Å². The molecule has 10 heteroatoms. The van der Waals surface area contributed by atoms with Crippen molar-refractivity contribution in [3.8, 4) is 17.2 Å². The van der Waals surface area contributed by atoms with Crippen LogP contribution in [0.3, 0.4) is 0 Å². The van der Waals surface area contributed by atoms with Crippen molar-refractivity contribution in [2.75, 3.05) is 19.0 Å². The number of aromatic nitrogens is 1. The summed E-state index contributed by atoms with van der Waals surface area (Å²) in [6.07, 6.45) is 0. The molecule has 30 heavy (non-hydrogen) atoms. The Kier molecular flexibility index (Phi) is 6.06. The quantitative estimate of drug-likeness (QED) is 0.355. The highest BCUT2D eigenvalue weighted by atomic mass is 16.6. The van der Waals surface area contributed by atoms with Crippen molar-refractivity contribution in [1.29, 1.82) is 0 Å². The minimum Gasteiger partial charge on any atom is -0.494 e. The summed E-state index contributed by atoms with van der Waals surface area (Å²) in [6.45, 7) is 0.976. The van der Waals surface area contributed by atoms with Gasteiger partial charge in [0.15, 0.2) is 12.3 Å². The number of amides is 1. The highest BCUT2D eigenvalue weighted by Crippen LogP contribution is 2.29. The van der Waals surface area contributed by atoms with Crippen LogP contribution in [0.5, 0.6) is 5.75 Å². The molecule has 1 aromatic heterocycles. The summed E-state index contributed by atoms with van der Waals surface area (Å²) in [7, 11) is 1.31. The average Bonchev–Trinajstić information content (AvgIpc) is 3.14. The van der Waals surface area contributed by atoms with E-state index >= 15 is 0 Å². The Hall–Kier alpha value is -4.21. The zero-order chi connectivity index (χ0) is 21.7. The number of non-ortho nitro benzene ring substituents is 1. The molecular weight excluding hydrogens is 394 g/mol. The molecule has 0 aliphatic heterocycles. The molecule has 0 unspecified atom stereocenters. The third-order valence-electron chi connectivity index (χ3n) is 4.02. The first kappa shape index (κ1) is 20.5. The number of nitro groups is 1. The van der Waals surface area contributed by atoms with Gasteiger partial charge >= 0.3 is 5.97 Å². The van der Waals surface area contributed by atoms with E-state index < -0.39 is 23.4 Å². The number of rotatable bonds is 7. The Morgan fingerprint density at radius 3 is 2.60 bits per heavy atom. The van der Waals surface area contributed by atoms with Crippen LogP contribution in [0.2, 0.25) is 0 Å². The number of hydrogen-bond donors (Lipinski definition) is 1. The monoisotopic (exact) mass is 411 g/mol. The predicted octanol–water partition coefficient (Wildman–Crippen LogP) is 3.36. The molecule has 1 heterocycles. The summed E-state index contributed by atoms with van der Waals surface area (Å²) < 4.78 is 15.5. The van der Waals surface area contributed by atoms with Gasteiger partial charge in [-0.3, -0.25) is 14.9 Å². The minimum absolute atomic E-state index is 0.0328. The highest BCUT2D eigenvalue weighted by Gasteiger charge is 2.21. The third kappa shape index (κ3) is 4.61. The molecule has 2 aromatic carbocycles. The van der Waals surface area contributed by atoms with E-state index in [2.05, 4.69) is 10.3 Å². The van der Waals surface area contributed by atoms with E-state index in [1.807, 2.05) is 18.2 Å². The van der Waals surface area contributed by atoms with Gasteiger partial charge in [-0.25, -0.2) is 9.78 Å². The third-order valence-corrected chi connectivity index (χ3v) is 4.02. The molecular formula is C20H17N3O7. The molecule has 0 fully saturated rings. The maximum Gasteiger partial charge on any atom is 0.361 e. The first-order valence-electron chi connectivity index (χ1n) is 8.71. The van der Waals surface area contributed by atoms with Gasteiger partial charge in [-0.1, -0.05) is 18.2 Å². The van der Waals surface area contributed by atoms with Gasteiger partial charge in [0.2, 0.25) is 5.89 Å². The molecule has 0 bridgehead atoms. The van der Waals surface area contributed by atoms with Gasteiger partial charge in [-0.2, -0.15) is 0 Å². The largest absolute Gasteiger partial charge is 0.494 e. The van der Waals surface area contributed by atoms with E-state index in [0.717, 1.165) is 0 Å². The number of aryl methyl sites for hydroxylation is 1. The van der Waals surface area contributed by atoms with E-state index in [9.17, 15) is 19.7 Å². The number of nitrogens with one attached hydrogen (secondary N) is 1. The van der Waals surface area contributed by atoms with Crippen LogP contribution in [-0.2, 0) is 9.53 Å². The SMILES string of the molecule is COc1cc([N+](=O)[O-])ccc1NC(=O)COC(=O)c1nc(-c2ccccc2)oc1C. The van der Waals surface area contributed by atoms with Crippen molar-refractivity contribution in [3.63, 3.8) is 0 Å². The Labute approximate surface area is 170 Å². The molecule has 3 rings (SSSR count). The van der Waals surface area contributed by atoms with Gasteiger partial charge in [0, 0.05) is 11.6 Å². The summed E-state index contributed by atoms with van der Waals surface area (Å²) in [5.41, 5.74) is 0.678. The van der Waals surface area contributed by atoms with E-state index in [1.54, 1.807) is 19.1 Å². The van der Waals surface area contributed by atoms with Crippen LogP contribution < -0.4 is 10.1 Å². The summed E-state index contributed by atoms with van der Waals surface area (Å²) in [5.74, 6) is -0.843. The molecule has 0 aliphatic rings. The molecule has 0 radical (unpaired) electrons. The fourth-order valence-corrected chi connectivity index (χ4v) is 2.57. The normalized spacial score (nSPS) is 10.3. The number of hydrogen-bond acceptors (Lipinski definition) is 8. The van der Waals surface area contributed by atoms with Crippen LogP contribution in [0.25, 0.3) is 11.5 Å². The van der Waals surface area contributed by atoms with Crippen molar-refractivity contribution < 1.29 is 28.4 Å². The second-order valence-electron chi connectivity index (χ2n) is 6.06. The van der Waals surface area contributed by atoms with E-state index in [1.165, 1.54) is 25.3 Å². The lowest BCUT2D eigenvalue weighted by Crippen LogP contribution is -2.21. The number of ether oxygens (including phenoxy) is 2. The van der Waals surface area contributed by atoms with E-state index in [4.69, 9.17) is 13.9 Å². The van der Waals surface area contributed by atoms with Crippen molar-refractivity contribution in [3.05, 3.63) is 70.1 Å². The van der Waals surface area contributed by atoms with Crippen LogP contribution in [0.15, 0.2) is 52.9 Å². The number of anilines is 1. The number of carbonyl (C=O) groups excluding carboxylic acids is 2. The number of methoxy groups -OCH3 is 1. The Bertz CT molecular complexity index is 1090. The van der Waals surface area contributed by atoms with Gasteiger partial charge in [0.25, 0.3) is 11.6 Å². The lowest BCUT2D eigenvalue weighted by molar-refractivity contribution is -0.384. The lowest BCUT2D eigenvalue weighted by Gasteiger charge is -2.10. The standard InChI is InChI=1S/C20H17N3O7/c1-12-18(22-19(30-12)13-6-4-3-5-7-13)20(25)29-11-17(24)21-15-9-8-14(23(26)27)10-16(15)28-2/h3-10H,11H2,1-2H3,(H,21,24). The van der Waals surface area contributed by atoms with Crippen molar-refractivity contribution in [1.82, 2.24) is 4.98 Å². The fourth-order valence-electron chi connectivity index (χ4n) is 2.57. The maximum absolute atomic E-state index is 12.3. The van der Waals surface area contributed by atoms with Gasteiger partial charge < -0.3 is 19.2 Å². The van der Waals surface area contributed by atoms with Crippen LogP contribution in [0, 0.1) is 17.0 Å². The topological polar surface area (TPSA) is 134 Å². The molecule has 0 saturated heterocycles. The Morgan fingerprint density at radius 2 is 1.93 bits per heavy atom. The first-order valence-corrected chi connectivity index (χ1v) is 8.71. The predicted molar refractivity (Wildman–Crippen MR) is 105 cm³/mol.